The molecule has 152 valence electrons. The largest absolute Gasteiger partial charge is 0.494 e. The average Bonchev–Trinajstić information content (AvgIpc) is 3.25. The molecule has 0 unspecified atom stereocenters. The van der Waals surface area contributed by atoms with Crippen molar-refractivity contribution in [3.8, 4) is 22.6 Å². The van der Waals surface area contributed by atoms with Crippen LogP contribution in [-0.2, 0) is 4.74 Å². The summed E-state index contributed by atoms with van der Waals surface area (Å²) in [4.78, 5) is 11.8. The lowest BCUT2D eigenvalue weighted by atomic mass is 10.1. The van der Waals surface area contributed by atoms with E-state index in [2.05, 4.69) is 12.0 Å². The van der Waals surface area contributed by atoms with E-state index >= 15 is 0 Å². The van der Waals surface area contributed by atoms with E-state index in [1.807, 2.05) is 48.8 Å². The topological polar surface area (TPSA) is 53.4 Å². The second-order valence-electron chi connectivity index (χ2n) is 6.87. The standard InChI is InChI=1S/C24H28N2O3/c1-3-5-6-7-16-29-23-14-10-19(11-15-23)21-17-25-26(18-21)22-12-8-20(9-13-22)24(27)28-4-2/h8-15,17-18H,3-7,16H2,1-2H3. The fraction of sp³-hybridized carbons (Fsp3) is 0.333. The molecule has 0 spiro atoms. The highest BCUT2D eigenvalue weighted by Gasteiger charge is 2.08. The molecule has 0 saturated heterocycles. The lowest BCUT2D eigenvalue weighted by Crippen LogP contribution is -2.04. The minimum atomic E-state index is -0.312. The number of nitrogens with zero attached hydrogens (tertiary/aromatic N) is 2. The second-order valence-corrected chi connectivity index (χ2v) is 6.87. The minimum Gasteiger partial charge on any atom is -0.494 e. The number of ether oxygens (including phenoxy) is 2. The first-order chi connectivity index (χ1) is 14.2. The highest BCUT2D eigenvalue weighted by Crippen LogP contribution is 2.23. The van der Waals surface area contributed by atoms with Crippen molar-refractivity contribution in [2.45, 2.75) is 39.5 Å². The number of unbranched alkanes of at least 4 members (excludes halogenated alkanes) is 3. The van der Waals surface area contributed by atoms with Crippen LogP contribution in [0.15, 0.2) is 60.9 Å². The molecule has 1 aromatic heterocycles. The highest BCUT2D eigenvalue weighted by atomic mass is 16.5. The van der Waals surface area contributed by atoms with Gasteiger partial charge in [0, 0.05) is 11.8 Å². The molecule has 0 atom stereocenters. The molecule has 0 aliphatic carbocycles. The number of hydrogen-bond acceptors (Lipinski definition) is 4. The summed E-state index contributed by atoms with van der Waals surface area (Å²) in [5.41, 5.74) is 3.52. The van der Waals surface area contributed by atoms with Crippen LogP contribution < -0.4 is 4.74 Å². The zero-order valence-corrected chi connectivity index (χ0v) is 17.1. The molecule has 0 saturated carbocycles. The van der Waals surface area contributed by atoms with Crippen LogP contribution >= 0.6 is 0 Å². The molecule has 0 aliphatic rings. The Morgan fingerprint density at radius 3 is 2.38 bits per heavy atom. The van der Waals surface area contributed by atoms with Gasteiger partial charge in [0.2, 0.25) is 0 Å². The fourth-order valence-corrected chi connectivity index (χ4v) is 3.04. The van der Waals surface area contributed by atoms with Crippen molar-refractivity contribution in [2.24, 2.45) is 0 Å². The maximum atomic E-state index is 11.8. The lowest BCUT2D eigenvalue weighted by molar-refractivity contribution is 0.0526. The van der Waals surface area contributed by atoms with Gasteiger partial charge in [-0.1, -0.05) is 38.3 Å². The summed E-state index contributed by atoms with van der Waals surface area (Å²) in [7, 11) is 0. The summed E-state index contributed by atoms with van der Waals surface area (Å²) in [6.45, 7) is 5.13. The van der Waals surface area contributed by atoms with Crippen molar-refractivity contribution in [1.29, 1.82) is 0 Å². The van der Waals surface area contributed by atoms with Gasteiger partial charge >= 0.3 is 5.97 Å². The first kappa shape index (κ1) is 20.6. The molecular formula is C24H28N2O3. The summed E-state index contributed by atoms with van der Waals surface area (Å²) in [6.07, 6.45) is 8.61. The lowest BCUT2D eigenvalue weighted by Gasteiger charge is -2.06. The molecule has 29 heavy (non-hydrogen) atoms. The summed E-state index contributed by atoms with van der Waals surface area (Å²) in [5, 5.41) is 4.44. The molecule has 3 aromatic rings. The Balaban J connectivity index is 1.61. The molecule has 0 amide bonds. The fourth-order valence-electron chi connectivity index (χ4n) is 3.04. The van der Waals surface area contributed by atoms with E-state index in [4.69, 9.17) is 9.47 Å². The molecule has 0 radical (unpaired) electrons. The van der Waals surface area contributed by atoms with Gasteiger partial charge in [0.15, 0.2) is 0 Å². The Kier molecular flexibility index (Phi) is 7.45. The number of hydrogen-bond donors (Lipinski definition) is 0. The summed E-state index contributed by atoms with van der Waals surface area (Å²) < 4.78 is 12.6. The Hall–Kier alpha value is -3.08. The van der Waals surface area contributed by atoms with Gasteiger partial charge in [0.05, 0.1) is 30.7 Å². The van der Waals surface area contributed by atoms with Crippen LogP contribution in [0.5, 0.6) is 5.75 Å². The van der Waals surface area contributed by atoms with E-state index in [9.17, 15) is 4.79 Å². The van der Waals surface area contributed by atoms with Gasteiger partial charge in [-0.25, -0.2) is 9.48 Å². The number of carbonyl (C=O) groups is 1. The van der Waals surface area contributed by atoms with E-state index in [-0.39, 0.29) is 5.97 Å². The van der Waals surface area contributed by atoms with Gasteiger partial charge in [0.25, 0.3) is 0 Å². The van der Waals surface area contributed by atoms with Crippen molar-refractivity contribution in [3.05, 3.63) is 66.5 Å². The van der Waals surface area contributed by atoms with Gasteiger partial charge < -0.3 is 9.47 Å². The molecular weight excluding hydrogens is 364 g/mol. The number of carbonyl (C=O) groups excluding carboxylic acids is 1. The zero-order valence-electron chi connectivity index (χ0n) is 17.1. The van der Waals surface area contributed by atoms with E-state index in [1.165, 1.54) is 19.3 Å². The Labute approximate surface area is 172 Å². The molecule has 5 heteroatoms. The van der Waals surface area contributed by atoms with Crippen molar-refractivity contribution >= 4 is 5.97 Å². The minimum absolute atomic E-state index is 0.312. The van der Waals surface area contributed by atoms with Crippen LogP contribution in [0.2, 0.25) is 0 Å². The first-order valence-electron chi connectivity index (χ1n) is 10.3. The van der Waals surface area contributed by atoms with Crippen LogP contribution in [0.25, 0.3) is 16.8 Å². The maximum absolute atomic E-state index is 11.8. The molecule has 3 rings (SSSR count). The van der Waals surface area contributed by atoms with Gasteiger partial charge in [-0.15, -0.1) is 0 Å². The second kappa shape index (κ2) is 10.5. The monoisotopic (exact) mass is 392 g/mol. The third kappa shape index (κ3) is 5.70. The van der Waals surface area contributed by atoms with Crippen LogP contribution in [0.3, 0.4) is 0 Å². The van der Waals surface area contributed by atoms with Crippen molar-refractivity contribution in [2.75, 3.05) is 13.2 Å². The predicted molar refractivity (Wildman–Crippen MR) is 115 cm³/mol. The van der Waals surface area contributed by atoms with Crippen molar-refractivity contribution < 1.29 is 14.3 Å². The van der Waals surface area contributed by atoms with E-state index in [0.717, 1.165) is 35.6 Å². The molecule has 0 aliphatic heterocycles. The highest BCUT2D eigenvalue weighted by molar-refractivity contribution is 5.89. The SMILES string of the molecule is CCCCCCOc1ccc(-c2cnn(-c3ccc(C(=O)OCC)cc3)c2)cc1. The first-order valence-corrected chi connectivity index (χ1v) is 10.3. The Morgan fingerprint density at radius 2 is 1.69 bits per heavy atom. The van der Waals surface area contributed by atoms with Crippen molar-refractivity contribution in [1.82, 2.24) is 9.78 Å². The molecule has 2 aromatic carbocycles. The molecule has 1 heterocycles. The number of aromatic nitrogens is 2. The van der Waals surface area contributed by atoms with Crippen LogP contribution in [0.1, 0.15) is 49.9 Å². The van der Waals surface area contributed by atoms with E-state index in [0.29, 0.717) is 12.2 Å². The summed E-state index contributed by atoms with van der Waals surface area (Å²) in [5.74, 6) is 0.583. The molecule has 0 fully saturated rings. The average molecular weight is 392 g/mol. The van der Waals surface area contributed by atoms with Crippen LogP contribution in [0, 0.1) is 0 Å². The van der Waals surface area contributed by atoms with E-state index < -0.39 is 0 Å². The molecule has 5 nitrogen and oxygen atoms in total. The zero-order chi connectivity index (χ0) is 20.5. The third-order valence-electron chi connectivity index (χ3n) is 4.68. The normalized spacial score (nSPS) is 10.7. The molecule has 0 bridgehead atoms. The summed E-state index contributed by atoms with van der Waals surface area (Å²) >= 11 is 0. The van der Waals surface area contributed by atoms with E-state index in [1.54, 1.807) is 23.7 Å². The Morgan fingerprint density at radius 1 is 0.931 bits per heavy atom. The molecule has 0 N–H and O–H groups in total. The number of esters is 1. The van der Waals surface area contributed by atoms with Gasteiger partial charge in [0.1, 0.15) is 5.75 Å². The van der Waals surface area contributed by atoms with Crippen molar-refractivity contribution in [3.63, 3.8) is 0 Å². The maximum Gasteiger partial charge on any atom is 0.338 e. The smallest absolute Gasteiger partial charge is 0.338 e. The Bertz CT molecular complexity index is 899. The number of rotatable bonds is 10. The van der Waals surface area contributed by atoms with Gasteiger partial charge in [-0.2, -0.15) is 5.10 Å². The summed E-state index contributed by atoms with van der Waals surface area (Å²) in [6, 6.07) is 15.3. The van der Waals surface area contributed by atoms with Crippen LogP contribution in [-0.4, -0.2) is 29.0 Å². The predicted octanol–water partition coefficient (Wildman–Crippen LogP) is 5.68. The van der Waals surface area contributed by atoms with Crippen LogP contribution in [0.4, 0.5) is 0 Å². The number of benzene rings is 2. The quantitative estimate of drug-likeness (QED) is 0.329. The third-order valence-corrected chi connectivity index (χ3v) is 4.68. The van der Waals surface area contributed by atoms with Gasteiger partial charge in [-0.05, 0) is 55.3 Å². The van der Waals surface area contributed by atoms with Gasteiger partial charge in [-0.3, -0.25) is 0 Å².